The molecule has 0 spiro atoms. The average Bonchev–Trinajstić information content (AvgIpc) is 2.82. The Morgan fingerprint density at radius 1 is 1.14 bits per heavy atom. The third-order valence-corrected chi connectivity index (χ3v) is 4.51. The van der Waals surface area contributed by atoms with Crippen LogP contribution in [0.3, 0.4) is 0 Å². The van der Waals surface area contributed by atoms with Crippen LogP contribution in [-0.2, 0) is 16.0 Å². The van der Waals surface area contributed by atoms with Gasteiger partial charge in [-0.25, -0.2) is 0 Å². The molecule has 0 saturated carbocycles. The number of carbonyl (C=O) groups is 2. The van der Waals surface area contributed by atoms with Crippen LogP contribution in [0.2, 0.25) is 0 Å². The van der Waals surface area contributed by atoms with Crippen LogP contribution >= 0.6 is 0 Å². The van der Waals surface area contributed by atoms with Gasteiger partial charge in [-0.1, -0.05) is 30.4 Å². The van der Waals surface area contributed by atoms with Gasteiger partial charge in [-0.15, -0.1) is 0 Å². The molecule has 1 N–H and O–H groups in total. The average molecular weight is 285 g/mol. The second-order valence-electron chi connectivity index (χ2n) is 5.88. The van der Waals surface area contributed by atoms with Crippen LogP contribution in [0.5, 0.6) is 0 Å². The van der Waals surface area contributed by atoms with E-state index in [0.717, 1.165) is 17.7 Å². The molecule has 3 atom stereocenters. The van der Waals surface area contributed by atoms with Gasteiger partial charge in [0.05, 0.1) is 11.8 Å². The van der Waals surface area contributed by atoms with Crippen LogP contribution in [-0.4, -0.2) is 23.0 Å². The molecule has 4 nitrogen and oxygen atoms in total. The van der Waals surface area contributed by atoms with Crippen LogP contribution in [0, 0.1) is 11.8 Å². The number of nitrogens with zero attached hydrogens (tertiary/aromatic N) is 1. The van der Waals surface area contributed by atoms with Crippen LogP contribution in [0.15, 0.2) is 36.4 Å². The molecule has 21 heavy (non-hydrogen) atoms. The zero-order valence-electron chi connectivity index (χ0n) is 12.0. The number of benzene rings is 1. The minimum Gasteiger partial charge on any atom is -0.481 e. The summed E-state index contributed by atoms with van der Waals surface area (Å²) in [5, 5.41) is 9.36. The first-order valence-corrected chi connectivity index (χ1v) is 7.38. The van der Waals surface area contributed by atoms with Crippen LogP contribution in [0.25, 0.3) is 0 Å². The Kier molecular flexibility index (Phi) is 3.53. The monoisotopic (exact) mass is 285 g/mol. The molecule has 0 saturated heterocycles. The quantitative estimate of drug-likeness (QED) is 0.850. The van der Waals surface area contributed by atoms with E-state index in [1.165, 1.54) is 0 Å². The molecule has 110 valence electrons. The van der Waals surface area contributed by atoms with Crippen molar-refractivity contribution < 1.29 is 14.7 Å². The van der Waals surface area contributed by atoms with Gasteiger partial charge >= 0.3 is 5.97 Å². The summed E-state index contributed by atoms with van der Waals surface area (Å²) in [5.74, 6) is -1.99. The maximum absolute atomic E-state index is 12.9. The zero-order chi connectivity index (χ0) is 15.0. The third kappa shape index (κ3) is 2.35. The number of para-hydroxylation sites is 1. The molecule has 1 aliphatic heterocycles. The number of hydrogen-bond acceptors (Lipinski definition) is 2. The molecule has 1 aromatic rings. The minimum absolute atomic E-state index is 0.0517. The number of hydrogen-bond donors (Lipinski definition) is 1. The van der Waals surface area contributed by atoms with Crippen molar-refractivity contribution in [3.63, 3.8) is 0 Å². The van der Waals surface area contributed by atoms with E-state index in [2.05, 4.69) is 0 Å². The molecule has 0 bridgehead atoms. The number of anilines is 1. The molecule has 0 radical (unpaired) electrons. The Labute approximate surface area is 124 Å². The molecule has 3 rings (SSSR count). The molecular formula is C17H19NO3. The molecule has 0 aromatic heterocycles. The second kappa shape index (κ2) is 5.35. The largest absolute Gasteiger partial charge is 0.481 e. The highest BCUT2D eigenvalue weighted by atomic mass is 16.4. The summed E-state index contributed by atoms with van der Waals surface area (Å²) < 4.78 is 0. The summed E-state index contributed by atoms with van der Waals surface area (Å²) in [6.07, 6.45) is 5.58. The number of carbonyl (C=O) groups excluding carboxylic acids is 1. The van der Waals surface area contributed by atoms with Gasteiger partial charge in [0.2, 0.25) is 5.91 Å². The Bertz CT molecular complexity index is 608. The third-order valence-electron chi connectivity index (χ3n) is 4.51. The lowest BCUT2D eigenvalue weighted by atomic mass is 9.82. The van der Waals surface area contributed by atoms with E-state index in [1.54, 1.807) is 4.90 Å². The summed E-state index contributed by atoms with van der Waals surface area (Å²) in [6, 6.07) is 7.98. The van der Waals surface area contributed by atoms with Crippen LogP contribution in [0.1, 0.15) is 25.3 Å². The highest BCUT2D eigenvalue weighted by Crippen LogP contribution is 2.36. The van der Waals surface area contributed by atoms with E-state index in [0.29, 0.717) is 12.8 Å². The number of allylic oxidation sites excluding steroid dienone is 2. The Morgan fingerprint density at radius 2 is 1.81 bits per heavy atom. The number of fused-ring (bicyclic) bond motifs is 1. The van der Waals surface area contributed by atoms with Crippen molar-refractivity contribution in [2.24, 2.45) is 11.8 Å². The number of amides is 1. The van der Waals surface area contributed by atoms with Gasteiger partial charge in [0.15, 0.2) is 0 Å². The number of carboxylic acid groups (broad SMARTS) is 1. The minimum atomic E-state index is -0.877. The fourth-order valence-corrected chi connectivity index (χ4v) is 3.44. The summed E-state index contributed by atoms with van der Waals surface area (Å²) in [6.45, 7) is 2.02. The van der Waals surface area contributed by atoms with Crippen molar-refractivity contribution in [2.45, 2.75) is 32.2 Å². The highest BCUT2D eigenvalue weighted by molar-refractivity contribution is 5.99. The molecule has 4 heteroatoms. The number of rotatable bonds is 2. The molecule has 1 aromatic carbocycles. The van der Waals surface area contributed by atoms with E-state index < -0.39 is 17.8 Å². The lowest BCUT2D eigenvalue weighted by Gasteiger charge is -2.31. The Morgan fingerprint density at radius 3 is 2.52 bits per heavy atom. The predicted octanol–water partition coefficient (Wildman–Crippen LogP) is 2.63. The smallest absolute Gasteiger partial charge is 0.307 e. The van der Waals surface area contributed by atoms with Gasteiger partial charge in [-0.2, -0.15) is 0 Å². The van der Waals surface area contributed by atoms with E-state index in [1.807, 2.05) is 43.3 Å². The van der Waals surface area contributed by atoms with Crippen molar-refractivity contribution in [1.82, 2.24) is 0 Å². The first kappa shape index (κ1) is 13.9. The van der Waals surface area contributed by atoms with Crippen molar-refractivity contribution in [2.75, 3.05) is 4.90 Å². The van der Waals surface area contributed by atoms with Crippen molar-refractivity contribution in [3.05, 3.63) is 42.0 Å². The molecule has 1 aliphatic carbocycles. The summed E-state index contributed by atoms with van der Waals surface area (Å²) >= 11 is 0. The maximum Gasteiger partial charge on any atom is 0.307 e. The van der Waals surface area contributed by atoms with E-state index in [4.69, 9.17) is 0 Å². The first-order chi connectivity index (χ1) is 10.1. The standard InChI is InChI=1S/C17H19NO3/c1-11-10-12-6-2-5-9-15(12)18(11)16(19)13-7-3-4-8-14(13)17(20)21/h2-6,9,11,13-14H,7-8,10H2,1H3,(H,20,21)/t11-,13-,14-/m1/s1. The topological polar surface area (TPSA) is 57.6 Å². The molecule has 0 unspecified atom stereocenters. The van der Waals surface area contributed by atoms with Crippen molar-refractivity contribution in [1.29, 1.82) is 0 Å². The first-order valence-electron chi connectivity index (χ1n) is 7.38. The van der Waals surface area contributed by atoms with Crippen molar-refractivity contribution >= 4 is 17.6 Å². The fourth-order valence-electron chi connectivity index (χ4n) is 3.44. The lowest BCUT2D eigenvalue weighted by Crippen LogP contribution is -2.44. The maximum atomic E-state index is 12.9. The van der Waals surface area contributed by atoms with E-state index in [-0.39, 0.29) is 11.9 Å². The van der Waals surface area contributed by atoms with Crippen LogP contribution in [0.4, 0.5) is 5.69 Å². The van der Waals surface area contributed by atoms with Gasteiger partial charge in [0, 0.05) is 11.7 Å². The van der Waals surface area contributed by atoms with Gasteiger partial charge < -0.3 is 10.0 Å². The predicted molar refractivity (Wildman–Crippen MR) is 80.1 cm³/mol. The number of aliphatic carboxylic acids is 1. The van der Waals surface area contributed by atoms with Crippen molar-refractivity contribution in [3.8, 4) is 0 Å². The number of carboxylic acids is 1. The fraction of sp³-hybridized carbons (Fsp3) is 0.412. The van der Waals surface area contributed by atoms with E-state index in [9.17, 15) is 14.7 Å². The molecule has 1 amide bonds. The molecule has 0 fully saturated rings. The SMILES string of the molecule is C[C@@H]1Cc2ccccc2N1C(=O)[C@@H]1CC=CC[C@H]1C(=O)O. The molecule has 2 aliphatic rings. The summed E-state index contributed by atoms with van der Waals surface area (Å²) in [7, 11) is 0. The molecule has 1 heterocycles. The molecular weight excluding hydrogens is 266 g/mol. The summed E-state index contributed by atoms with van der Waals surface area (Å²) in [5.41, 5.74) is 2.10. The van der Waals surface area contributed by atoms with E-state index >= 15 is 0 Å². The van der Waals surface area contributed by atoms with Crippen LogP contribution < -0.4 is 4.90 Å². The highest BCUT2D eigenvalue weighted by Gasteiger charge is 2.40. The van der Waals surface area contributed by atoms with Gasteiger partial charge in [-0.3, -0.25) is 9.59 Å². The normalized spacial score (nSPS) is 27.5. The van der Waals surface area contributed by atoms with Gasteiger partial charge in [-0.05, 0) is 37.8 Å². The van der Waals surface area contributed by atoms with Gasteiger partial charge in [0.1, 0.15) is 0 Å². The lowest BCUT2D eigenvalue weighted by molar-refractivity contribution is -0.146. The second-order valence-corrected chi connectivity index (χ2v) is 5.88. The zero-order valence-corrected chi connectivity index (χ0v) is 12.0. The Hall–Kier alpha value is -2.10. The Balaban J connectivity index is 1.91. The van der Waals surface area contributed by atoms with Gasteiger partial charge in [0.25, 0.3) is 0 Å². The summed E-state index contributed by atoms with van der Waals surface area (Å²) in [4.78, 5) is 26.1.